The first-order valence-corrected chi connectivity index (χ1v) is 6.03. The van der Waals surface area contributed by atoms with Gasteiger partial charge in [0.1, 0.15) is 11.5 Å². The van der Waals surface area contributed by atoms with Crippen molar-refractivity contribution in [2.75, 3.05) is 31.9 Å². The number of hydrogen-bond acceptors (Lipinski definition) is 4. The lowest BCUT2D eigenvalue weighted by Gasteiger charge is -2.12. The normalized spacial score (nSPS) is 9.84. The molecule has 0 bridgehead atoms. The van der Waals surface area contributed by atoms with Gasteiger partial charge in [0.15, 0.2) is 0 Å². The Labute approximate surface area is 113 Å². The van der Waals surface area contributed by atoms with Crippen LogP contribution in [-0.4, -0.2) is 21.3 Å². The lowest BCUT2D eigenvalue weighted by atomic mass is 10.2. The molecular weight excluding hydrogens is 240 g/mol. The third-order valence-corrected chi connectivity index (χ3v) is 2.86. The van der Waals surface area contributed by atoms with Crippen LogP contribution in [0.15, 0.2) is 42.5 Å². The molecule has 100 valence electrons. The van der Waals surface area contributed by atoms with Gasteiger partial charge in [0.05, 0.1) is 19.9 Å². The SMILES string of the molecule is CNc1ccc(Nc2ccc(OC)cc2OC)cc1. The number of rotatable bonds is 5. The Bertz CT molecular complexity index is 538. The Morgan fingerprint density at radius 3 is 2.11 bits per heavy atom. The molecule has 19 heavy (non-hydrogen) atoms. The van der Waals surface area contributed by atoms with Gasteiger partial charge in [0, 0.05) is 24.5 Å². The van der Waals surface area contributed by atoms with E-state index in [1.54, 1.807) is 14.2 Å². The fourth-order valence-corrected chi connectivity index (χ4v) is 1.78. The van der Waals surface area contributed by atoms with E-state index in [4.69, 9.17) is 9.47 Å². The van der Waals surface area contributed by atoms with E-state index in [-0.39, 0.29) is 0 Å². The second-order valence-corrected chi connectivity index (χ2v) is 4.02. The smallest absolute Gasteiger partial charge is 0.145 e. The maximum atomic E-state index is 5.35. The summed E-state index contributed by atoms with van der Waals surface area (Å²) in [6.07, 6.45) is 0. The molecule has 0 unspecified atom stereocenters. The van der Waals surface area contributed by atoms with Gasteiger partial charge in [-0.15, -0.1) is 0 Å². The third kappa shape index (κ3) is 3.10. The first kappa shape index (κ1) is 13.1. The molecule has 0 atom stereocenters. The van der Waals surface area contributed by atoms with E-state index in [1.807, 2.05) is 49.5 Å². The quantitative estimate of drug-likeness (QED) is 0.861. The topological polar surface area (TPSA) is 42.5 Å². The van der Waals surface area contributed by atoms with Crippen LogP contribution < -0.4 is 20.1 Å². The van der Waals surface area contributed by atoms with Crippen molar-refractivity contribution in [2.45, 2.75) is 0 Å². The third-order valence-electron chi connectivity index (χ3n) is 2.86. The van der Waals surface area contributed by atoms with E-state index in [1.165, 1.54) is 0 Å². The van der Waals surface area contributed by atoms with Crippen molar-refractivity contribution >= 4 is 17.1 Å². The van der Waals surface area contributed by atoms with Crippen LogP contribution in [0.25, 0.3) is 0 Å². The number of nitrogens with one attached hydrogen (secondary N) is 2. The van der Waals surface area contributed by atoms with Crippen LogP contribution >= 0.6 is 0 Å². The van der Waals surface area contributed by atoms with Crippen LogP contribution in [0.3, 0.4) is 0 Å². The Balaban J connectivity index is 2.21. The molecule has 2 N–H and O–H groups in total. The summed E-state index contributed by atoms with van der Waals surface area (Å²) in [6.45, 7) is 0. The van der Waals surface area contributed by atoms with E-state index >= 15 is 0 Å². The maximum Gasteiger partial charge on any atom is 0.145 e. The molecule has 0 heterocycles. The first-order chi connectivity index (χ1) is 9.26. The minimum Gasteiger partial charge on any atom is -0.497 e. The lowest BCUT2D eigenvalue weighted by molar-refractivity contribution is 0.395. The van der Waals surface area contributed by atoms with Gasteiger partial charge in [-0.05, 0) is 36.4 Å². The molecule has 0 aromatic heterocycles. The highest BCUT2D eigenvalue weighted by Crippen LogP contribution is 2.31. The molecule has 0 amide bonds. The zero-order chi connectivity index (χ0) is 13.7. The second kappa shape index (κ2) is 6.00. The molecule has 0 fully saturated rings. The van der Waals surface area contributed by atoms with Crippen LogP contribution in [-0.2, 0) is 0 Å². The van der Waals surface area contributed by atoms with Crippen molar-refractivity contribution in [3.8, 4) is 11.5 Å². The zero-order valence-corrected chi connectivity index (χ0v) is 11.4. The molecule has 2 aromatic carbocycles. The minimum absolute atomic E-state index is 0.747. The molecule has 2 rings (SSSR count). The van der Waals surface area contributed by atoms with E-state index in [9.17, 15) is 0 Å². The van der Waals surface area contributed by atoms with Gasteiger partial charge in [-0.1, -0.05) is 0 Å². The number of methoxy groups -OCH3 is 2. The Hall–Kier alpha value is -2.36. The standard InChI is InChI=1S/C15H18N2O2/c1-16-11-4-6-12(7-5-11)17-14-9-8-13(18-2)10-15(14)19-3/h4-10,16-17H,1-3H3. The fourth-order valence-electron chi connectivity index (χ4n) is 1.78. The van der Waals surface area contributed by atoms with Crippen LogP contribution in [0.2, 0.25) is 0 Å². The van der Waals surface area contributed by atoms with Crippen molar-refractivity contribution in [3.05, 3.63) is 42.5 Å². The molecule has 0 saturated heterocycles. The Morgan fingerprint density at radius 2 is 1.53 bits per heavy atom. The van der Waals surface area contributed by atoms with Crippen LogP contribution in [0.1, 0.15) is 0 Å². The monoisotopic (exact) mass is 258 g/mol. The minimum atomic E-state index is 0.747. The van der Waals surface area contributed by atoms with Crippen molar-refractivity contribution in [2.24, 2.45) is 0 Å². The highest BCUT2D eigenvalue weighted by atomic mass is 16.5. The molecule has 0 aliphatic rings. The molecule has 0 saturated carbocycles. The van der Waals surface area contributed by atoms with Gasteiger partial charge in [-0.3, -0.25) is 0 Å². The van der Waals surface area contributed by atoms with Crippen molar-refractivity contribution in [3.63, 3.8) is 0 Å². The average molecular weight is 258 g/mol. The fraction of sp³-hybridized carbons (Fsp3) is 0.200. The molecular formula is C15H18N2O2. The second-order valence-electron chi connectivity index (χ2n) is 4.02. The van der Waals surface area contributed by atoms with Crippen molar-refractivity contribution < 1.29 is 9.47 Å². The number of benzene rings is 2. The molecule has 4 nitrogen and oxygen atoms in total. The van der Waals surface area contributed by atoms with Gasteiger partial charge < -0.3 is 20.1 Å². The van der Waals surface area contributed by atoms with Gasteiger partial charge in [0.2, 0.25) is 0 Å². The van der Waals surface area contributed by atoms with Gasteiger partial charge in [-0.25, -0.2) is 0 Å². The molecule has 0 aliphatic carbocycles. The molecule has 2 aromatic rings. The summed E-state index contributed by atoms with van der Waals surface area (Å²) >= 11 is 0. The van der Waals surface area contributed by atoms with E-state index in [2.05, 4.69) is 10.6 Å². The van der Waals surface area contributed by atoms with E-state index in [0.29, 0.717) is 0 Å². The van der Waals surface area contributed by atoms with E-state index < -0.39 is 0 Å². The zero-order valence-electron chi connectivity index (χ0n) is 11.4. The summed E-state index contributed by atoms with van der Waals surface area (Å²) in [4.78, 5) is 0. The molecule has 0 aliphatic heterocycles. The molecule has 0 radical (unpaired) electrons. The van der Waals surface area contributed by atoms with Gasteiger partial charge in [0.25, 0.3) is 0 Å². The van der Waals surface area contributed by atoms with Crippen molar-refractivity contribution in [1.29, 1.82) is 0 Å². The van der Waals surface area contributed by atoms with Crippen LogP contribution in [0.4, 0.5) is 17.1 Å². The number of ether oxygens (including phenoxy) is 2. The lowest BCUT2D eigenvalue weighted by Crippen LogP contribution is -1.96. The first-order valence-electron chi connectivity index (χ1n) is 6.03. The Kier molecular flexibility index (Phi) is 4.13. The predicted octanol–water partition coefficient (Wildman–Crippen LogP) is 3.49. The van der Waals surface area contributed by atoms with Crippen LogP contribution in [0.5, 0.6) is 11.5 Å². The largest absolute Gasteiger partial charge is 0.497 e. The Morgan fingerprint density at radius 1 is 0.842 bits per heavy atom. The van der Waals surface area contributed by atoms with Crippen LogP contribution in [0, 0.1) is 0 Å². The summed E-state index contributed by atoms with van der Waals surface area (Å²) in [6, 6.07) is 13.7. The number of anilines is 3. The summed E-state index contributed by atoms with van der Waals surface area (Å²) in [7, 11) is 5.18. The predicted molar refractivity (Wildman–Crippen MR) is 78.8 cm³/mol. The van der Waals surface area contributed by atoms with Gasteiger partial charge >= 0.3 is 0 Å². The maximum absolute atomic E-state index is 5.35. The summed E-state index contributed by atoms with van der Waals surface area (Å²) < 4.78 is 10.5. The van der Waals surface area contributed by atoms with Crippen molar-refractivity contribution in [1.82, 2.24) is 0 Å². The summed E-state index contributed by atoms with van der Waals surface area (Å²) in [5.41, 5.74) is 2.98. The van der Waals surface area contributed by atoms with Gasteiger partial charge in [-0.2, -0.15) is 0 Å². The molecule has 0 spiro atoms. The summed E-state index contributed by atoms with van der Waals surface area (Å²) in [5.74, 6) is 1.52. The summed E-state index contributed by atoms with van der Waals surface area (Å²) in [5, 5.41) is 6.40. The number of hydrogen-bond donors (Lipinski definition) is 2. The highest BCUT2D eigenvalue weighted by Gasteiger charge is 2.05. The van der Waals surface area contributed by atoms with E-state index in [0.717, 1.165) is 28.6 Å². The molecule has 4 heteroatoms. The average Bonchev–Trinajstić information content (AvgIpc) is 2.48. The highest BCUT2D eigenvalue weighted by molar-refractivity contribution is 5.68.